The first-order chi connectivity index (χ1) is 15.0. The van der Waals surface area contributed by atoms with Gasteiger partial charge in [-0.1, -0.05) is 18.2 Å². The number of hydrogen-bond acceptors (Lipinski definition) is 4. The minimum absolute atomic E-state index is 0.223. The van der Waals surface area contributed by atoms with Crippen molar-refractivity contribution in [3.8, 4) is 6.07 Å². The fourth-order valence-corrected chi connectivity index (χ4v) is 5.03. The lowest BCUT2D eigenvalue weighted by molar-refractivity contribution is 0.00415. The van der Waals surface area contributed by atoms with Crippen molar-refractivity contribution in [1.29, 1.82) is 5.26 Å². The summed E-state index contributed by atoms with van der Waals surface area (Å²) in [4.78, 5) is 18.6. The van der Waals surface area contributed by atoms with Crippen LogP contribution in [0.3, 0.4) is 0 Å². The summed E-state index contributed by atoms with van der Waals surface area (Å²) >= 11 is 0. The van der Waals surface area contributed by atoms with Gasteiger partial charge < -0.3 is 9.30 Å². The zero-order valence-corrected chi connectivity index (χ0v) is 17.1. The molecule has 2 aromatic carbocycles. The number of fused-ring (bicyclic) bond motifs is 1. The molecule has 1 aliphatic carbocycles. The van der Waals surface area contributed by atoms with Gasteiger partial charge in [-0.15, -0.1) is 0 Å². The molecule has 31 heavy (non-hydrogen) atoms. The summed E-state index contributed by atoms with van der Waals surface area (Å²) in [5, 5.41) is 9.20. The van der Waals surface area contributed by atoms with E-state index in [-0.39, 0.29) is 18.5 Å². The molecule has 1 saturated carbocycles. The second kappa shape index (κ2) is 7.69. The Bertz CT molecular complexity index is 1180. The van der Waals surface area contributed by atoms with E-state index in [0.29, 0.717) is 23.6 Å². The van der Waals surface area contributed by atoms with Crippen LogP contribution in [0.1, 0.15) is 36.8 Å². The van der Waals surface area contributed by atoms with Crippen molar-refractivity contribution in [3.63, 3.8) is 0 Å². The van der Waals surface area contributed by atoms with Crippen LogP contribution < -0.4 is 0 Å². The van der Waals surface area contributed by atoms with Gasteiger partial charge in [-0.2, -0.15) is 5.26 Å². The quantitative estimate of drug-likeness (QED) is 0.619. The minimum atomic E-state index is -0.514. The lowest BCUT2D eigenvalue weighted by Gasteiger charge is -2.36. The summed E-state index contributed by atoms with van der Waals surface area (Å²) in [5.41, 5.74) is 2.42. The highest BCUT2D eigenvalue weighted by atomic mass is 19.1. The SMILES string of the molecule is N#Cc1ccc2ncn(CC3CCCC4(C3)CN(Cc3ccccc3F)C(=O)O4)c2c1. The fraction of sp³-hybridized carbons (Fsp3) is 0.375. The first-order valence-corrected chi connectivity index (χ1v) is 10.6. The maximum absolute atomic E-state index is 14.1. The van der Waals surface area contributed by atoms with Crippen molar-refractivity contribution in [3.05, 3.63) is 65.7 Å². The maximum atomic E-state index is 14.1. The fourth-order valence-electron chi connectivity index (χ4n) is 5.03. The molecular formula is C24H23FN4O2. The number of aromatic nitrogens is 2. The normalized spacial score (nSPS) is 23.3. The number of halogens is 1. The molecule has 1 spiro atoms. The molecule has 1 aliphatic heterocycles. The maximum Gasteiger partial charge on any atom is 0.410 e. The van der Waals surface area contributed by atoms with Crippen LogP contribution in [0.15, 0.2) is 48.8 Å². The van der Waals surface area contributed by atoms with Gasteiger partial charge in [-0.05, 0) is 55.9 Å². The van der Waals surface area contributed by atoms with E-state index in [1.807, 2.05) is 18.5 Å². The molecule has 0 radical (unpaired) electrons. The average Bonchev–Trinajstić information content (AvgIpc) is 3.29. The summed E-state index contributed by atoms with van der Waals surface area (Å²) in [6, 6.07) is 14.2. The largest absolute Gasteiger partial charge is 0.441 e. The number of benzene rings is 2. The number of imidazole rings is 1. The minimum Gasteiger partial charge on any atom is -0.441 e. The number of rotatable bonds is 4. The zero-order valence-electron chi connectivity index (χ0n) is 17.1. The molecule has 158 valence electrons. The van der Waals surface area contributed by atoms with Crippen molar-refractivity contribution >= 4 is 17.1 Å². The highest BCUT2D eigenvalue weighted by molar-refractivity contribution is 5.77. The number of hydrogen-bond donors (Lipinski definition) is 0. The van der Waals surface area contributed by atoms with Crippen LogP contribution >= 0.6 is 0 Å². The predicted octanol–water partition coefficient (Wildman–Crippen LogP) is 4.63. The second-order valence-corrected chi connectivity index (χ2v) is 8.67. The summed E-state index contributed by atoms with van der Waals surface area (Å²) in [5.74, 6) is 0.0274. The van der Waals surface area contributed by atoms with E-state index >= 15 is 0 Å². The Hall–Kier alpha value is -3.40. The highest BCUT2D eigenvalue weighted by Crippen LogP contribution is 2.41. The second-order valence-electron chi connectivity index (χ2n) is 8.67. The van der Waals surface area contributed by atoms with Crippen LogP contribution in [0.2, 0.25) is 0 Å². The zero-order chi connectivity index (χ0) is 21.4. The molecule has 1 amide bonds. The monoisotopic (exact) mass is 418 g/mol. The molecule has 1 saturated heterocycles. The number of amides is 1. The third-order valence-electron chi connectivity index (χ3n) is 6.47. The van der Waals surface area contributed by atoms with Gasteiger partial charge in [0.2, 0.25) is 0 Å². The van der Waals surface area contributed by atoms with Crippen LogP contribution in [0.4, 0.5) is 9.18 Å². The van der Waals surface area contributed by atoms with Crippen LogP contribution in [0.5, 0.6) is 0 Å². The van der Waals surface area contributed by atoms with Crippen molar-refractivity contribution in [2.75, 3.05) is 6.54 Å². The van der Waals surface area contributed by atoms with Crippen molar-refractivity contribution < 1.29 is 13.9 Å². The third kappa shape index (κ3) is 3.74. The molecule has 1 aromatic heterocycles. The summed E-state index contributed by atoms with van der Waals surface area (Å²) in [6.07, 6.45) is 5.07. The van der Waals surface area contributed by atoms with Crippen molar-refractivity contribution in [2.24, 2.45) is 5.92 Å². The van der Waals surface area contributed by atoms with E-state index in [1.54, 1.807) is 29.2 Å². The number of carbonyl (C=O) groups excluding carboxylic acids is 1. The lowest BCUT2D eigenvalue weighted by atomic mass is 9.78. The van der Waals surface area contributed by atoms with Crippen LogP contribution in [0, 0.1) is 23.1 Å². The molecule has 2 heterocycles. The van der Waals surface area contributed by atoms with E-state index < -0.39 is 5.60 Å². The molecule has 7 heteroatoms. The van der Waals surface area contributed by atoms with Gasteiger partial charge in [0, 0.05) is 12.1 Å². The van der Waals surface area contributed by atoms with Gasteiger partial charge in [-0.3, -0.25) is 4.90 Å². The van der Waals surface area contributed by atoms with Gasteiger partial charge >= 0.3 is 6.09 Å². The topological polar surface area (TPSA) is 71.2 Å². The van der Waals surface area contributed by atoms with Gasteiger partial charge in [0.1, 0.15) is 11.4 Å². The molecule has 2 fully saturated rings. The Morgan fingerprint density at radius 3 is 3.00 bits per heavy atom. The first-order valence-electron chi connectivity index (χ1n) is 10.6. The van der Waals surface area contributed by atoms with Gasteiger partial charge in [0.25, 0.3) is 0 Å². The van der Waals surface area contributed by atoms with Crippen LogP contribution in [-0.4, -0.2) is 32.7 Å². The van der Waals surface area contributed by atoms with Crippen molar-refractivity contribution in [1.82, 2.24) is 14.5 Å². The van der Waals surface area contributed by atoms with Crippen molar-refractivity contribution in [2.45, 2.75) is 44.4 Å². The lowest BCUT2D eigenvalue weighted by Crippen LogP contribution is -2.40. The van der Waals surface area contributed by atoms with E-state index in [1.165, 1.54) is 6.07 Å². The highest BCUT2D eigenvalue weighted by Gasteiger charge is 2.48. The van der Waals surface area contributed by atoms with E-state index in [0.717, 1.165) is 43.3 Å². The molecule has 2 atom stereocenters. The molecule has 2 unspecified atom stereocenters. The Kier molecular flexibility index (Phi) is 4.85. The first kappa shape index (κ1) is 19.6. The molecule has 6 nitrogen and oxygen atoms in total. The molecular weight excluding hydrogens is 395 g/mol. The van der Waals surface area contributed by atoms with E-state index in [2.05, 4.69) is 15.6 Å². The molecule has 0 bridgehead atoms. The number of nitriles is 1. The van der Waals surface area contributed by atoms with Crippen LogP contribution in [-0.2, 0) is 17.8 Å². The predicted molar refractivity (Wildman–Crippen MR) is 112 cm³/mol. The number of carbonyl (C=O) groups is 1. The van der Waals surface area contributed by atoms with E-state index in [4.69, 9.17) is 4.74 Å². The molecule has 5 rings (SSSR count). The van der Waals surface area contributed by atoms with Crippen LogP contribution in [0.25, 0.3) is 11.0 Å². The Morgan fingerprint density at radius 2 is 2.16 bits per heavy atom. The Balaban J connectivity index is 1.31. The Labute approximate surface area is 179 Å². The molecule has 2 aliphatic rings. The summed E-state index contributed by atoms with van der Waals surface area (Å²) in [6.45, 7) is 1.47. The van der Waals surface area contributed by atoms with Gasteiger partial charge in [0.05, 0.1) is 42.1 Å². The number of ether oxygens (including phenoxy) is 1. The smallest absolute Gasteiger partial charge is 0.410 e. The standard InChI is InChI=1S/C24H23FN4O2/c25-20-6-2-1-5-19(20)14-28-15-24(31-23(28)30)9-3-4-18(11-24)13-29-16-27-21-8-7-17(12-26)10-22(21)29/h1-2,5-8,10,16,18H,3-4,9,11,13-15H2. The average molecular weight is 418 g/mol. The third-order valence-corrected chi connectivity index (χ3v) is 6.47. The molecule has 3 aromatic rings. The number of nitrogens with zero attached hydrogens (tertiary/aromatic N) is 4. The summed E-state index contributed by atoms with van der Waals surface area (Å²) < 4.78 is 22.0. The van der Waals surface area contributed by atoms with E-state index in [9.17, 15) is 14.4 Å². The van der Waals surface area contributed by atoms with Gasteiger partial charge in [0.15, 0.2) is 0 Å². The van der Waals surface area contributed by atoms with Gasteiger partial charge in [-0.25, -0.2) is 14.2 Å². The molecule has 0 N–H and O–H groups in total. The Morgan fingerprint density at radius 1 is 1.29 bits per heavy atom. The summed E-state index contributed by atoms with van der Waals surface area (Å²) in [7, 11) is 0.